The number of benzene rings is 1. The number of thiophene rings is 1. The van der Waals surface area contributed by atoms with Crippen molar-refractivity contribution in [1.82, 2.24) is 9.66 Å². The number of amides is 1. The van der Waals surface area contributed by atoms with Gasteiger partial charge in [0.15, 0.2) is 0 Å². The van der Waals surface area contributed by atoms with Gasteiger partial charge in [-0.15, -0.1) is 11.3 Å². The number of rotatable bonds is 4. The van der Waals surface area contributed by atoms with Gasteiger partial charge in [-0.1, -0.05) is 37.3 Å². The average molecular weight is 313 g/mol. The Morgan fingerprint density at radius 3 is 2.82 bits per heavy atom. The van der Waals surface area contributed by atoms with E-state index in [2.05, 4.69) is 10.4 Å². The van der Waals surface area contributed by atoms with Crippen LogP contribution in [0, 0.1) is 0 Å². The summed E-state index contributed by atoms with van der Waals surface area (Å²) < 4.78 is 1.17. The quantitative estimate of drug-likeness (QED) is 0.805. The molecule has 0 saturated heterocycles. The molecule has 5 nitrogen and oxygen atoms in total. The zero-order chi connectivity index (χ0) is 15.5. The molecule has 112 valence electrons. The summed E-state index contributed by atoms with van der Waals surface area (Å²) in [5.41, 5.74) is 4.13. The van der Waals surface area contributed by atoms with Crippen LogP contribution in [0.4, 0.5) is 0 Å². The maximum Gasteiger partial charge on any atom is 0.281 e. The molecule has 0 aliphatic rings. The molecule has 3 rings (SSSR count). The van der Waals surface area contributed by atoms with E-state index < -0.39 is 0 Å². The summed E-state index contributed by atoms with van der Waals surface area (Å²) in [5, 5.41) is 2.46. The van der Waals surface area contributed by atoms with Crippen molar-refractivity contribution in [3.63, 3.8) is 0 Å². The number of hydrogen-bond acceptors (Lipinski definition) is 4. The van der Waals surface area contributed by atoms with E-state index in [4.69, 9.17) is 0 Å². The van der Waals surface area contributed by atoms with Gasteiger partial charge in [-0.2, -0.15) is 0 Å². The Hall–Kier alpha value is -2.47. The van der Waals surface area contributed by atoms with Crippen LogP contribution in [0.3, 0.4) is 0 Å². The predicted molar refractivity (Wildman–Crippen MR) is 88.6 cm³/mol. The Morgan fingerprint density at radius 1 is 1.32 bits per heavy atom. The Labute approximate surface area is 131 Å². The summed E-state index contributed by atoms with van der Waals surface area (Å²) in [4.78, 5) is 29.3. The highest BCUT2D eigenvalue weighted by atomic mass is 32.1. The molecular weight excluding hydrogens is 298 g/mol. The molecule has 6 heteroatoms. The molecule has 0 radical (unpaired) electrons. The van der Waals surface area contributed by atoms with Crippen molar-refractivity contribution >= 4 is 27.5 Å². The minimum absolute atomic E-state index is 0.192. The van der Waals surface area contributed by atoms with Crippen molar-refractivity contribution in [2.24, 2.45) is 0 Å². The number of carbonyl (C=O) groups is 1. The van der Waals surface area contributed by atoms with Crippen molar-refractivity contribution < 1.29 is 4.79 Å². The van der Waals surface area contributed by atoms with E-state index in [1.54, 1.807) is 0 Å². The van der Waals surface area contributed by atoms with Crippen molar-refractivity contribution in [2.45, 2.75) is 19.8 Å². The van der Waals surface area contributed by atoms with Crippen LogP contribution in [0.15, 0.2) is 46.8 Å². The maximum atomic E-state index is 12.6. The summed E-state index contributed by atoms with van der Waals surface area (Å²) in [5.74, 6) is -0.192. The first-order valence-electron chi connectivity index (χ1n) is 7.05. The van der Waals surface area contributed by atoms with Gasteiger partial charge in [0.25, 0.3) is 5.56 Å². The number of hydrogen-bond donors (Lipinski definition) is 1. The zero-order valence-corrected chi connectivity index (χ0v) is 12.9. The fraction of sp³-hybridized carbons (Fsp3) is 0.188. The third-order valence-electron chi connectivity index (χ3n) is 3.30. The van der Waals surface area contributed by atoms with Crippen molar-refractivity contribution in [3.05, 3.63) is 52.4 Å². The van der Waals surface area contributed by atoms with Crippen LogP contribution in [-0.4, -0.2) is 15.6 Å². The minimum atomic E-state index is -0.255. The van der Waals surface area contributed by atoms with Gasteiger partial charge < -0.3 is 0 Å². The Morgan fingerprint density at radius 2 is 2.09 bits per heavy atom. The molecule has 0 saturated carbocycles. The summed E-state index contributed by atoms with van der Waals surface area (Å²) in [7, 11) is 0. The fourth-order valence-electron chi connectivity index (χ4n) is 2.26. The first kappa shape index (κ1) is 14.5. The van der Waals surface area contributed by atoms with Gasteiger partial charge in [0, 0.05) is 17.4 Å². The number of nitrogens with one attached hydrogen (secondary N) is 1. The van der Waals surface area contributed by atoms with Crippen LogP contribution in [0.5, 0.6) is 0 Å². The normalized spacial score (nSPS) is 10.8. The maximum absolute atomic E-state index is 12.6. The lowest BCUT2D eigenvalue weighted by atomic mass is 10.1. The Kier molecular flexibility index (Phi) is 4.02. The highest BCUT2D eigenvalue weighted by Gasteiger charge is 2.13. The molecule has 0 atom stereocenters. The molecule has 0 fully saturated rings. The van der Waals surface area contributed by atoms with E-state index in [0.717, 1.165) is 17.5 Å². The summed E-state index contributed by atoms with van der Waals surface area (Å²) in [6.45, 7) is 1.91. The second-order valence-corrected chi connectivity index (χ2v) is 5.76. The van der Waals surface area contributed by atoms with Crippen molar-refractivity contribution in [2.75, 3.05) is 5.43 Å². The molecule has 1 aromatic carbocycles. The third kappa shape index (κ3) is 2.65. The van der Waals surface area contributed by atoms with Gasteiger partial charge in [0.05, 0.1) is 5.39 Å². The monoisotopic (exact) mass is 313 g/mol. The van der Waals surface area contributed by atoms with E-state index in [9.17, 15) is 9.59 Å². The Bertz CT molecular complexity index is 868. The molecule has 22 heavy (non-hydrogen) atoms. The van der Waals surface area contributed by atoms with Gasteiger partial charge in [-0.25, -0.2) is 9.66 Å². The topological polar surface area (TPSA) is 64.0 Å². The van der Waals surface area contributed by atoms with E-state index in [0.29, 0.717) is 16.6 Å². The molecule has 0 bridgehead atoms. The first-order valence-corrected chi connectivity index (χ1v) is 7.92. The summed E-state index contributed by atoms with van der Waals surface area (Å²) in [6, 6.07) is 9.69. The van der Waals surface area contributed by atoms with E-state index in [1.807, 2.05) is 42.6 Å². The zero-order valence-electron chi connectivity index (χ0n) is 12.1. The van der Waals surface area contributed by atoms with Crippen molar-refractivity contribution in [3.8, 4) is 11.1 Å². The first-order chi connectivity index (χ1) is 10.7. The van der Waals surface area contributed by atoms with Gasteiger partial charge in [-0.05, 0) is 12.0 Å². The van der Waals surface area contributed by atoms with Crippen LogP contribution in [0.1, 0.15) is 19.8 Å². The SMILES string of the molecule is CCCC(=O)Nn1cnc2scc(-c3ccccc3)c2c1=O. The number of aromatic nitrogens is 2. The largest absolute Gasteiger partial charge is 0.281 e. The van der Waals surface area contributed by atoms with Crippen LogP contribution in [0.2, 0.25) is 0 Å². The average Bonchev–Trinajstić information content (AvgIpc) is 2.96. The van der Waals surface area contributed by atoms with Gasteiger partial charge in [0.1, 0.15) is 11.2 Å². The third-order valence-corrected chi connectivity index (χ3v) is 4.19. The molecule has 0 spiro atoms. The van der Waals surface area contributed by atoms with Crippen LogP contribution < -0.4 is 11.0 Å². The standard InChI is InChI=1S/C16H15N3O2S/c1-2-6-13(20)18-19-10-17-15-14(16(19)21)12(9-22-15)11-7-4-3-5-8-11/h3-5,7-10H,2,6H2,1H3,(H,18,20). The molecule has 0 aliphatic heterocycles. The highest BCUT2D eigenvalue weighted by Crippen LogP contribution is 2.30. The lowest BCUT2D eigenvalue weighted by Gasteiger charge is -2.07. The van der Waals surface area contributed by atoms with E-state index >= 15 is 0 Å². The second kappa shape index (κ2) is 6.11. The van der Waals surface area contributed by atoms with Crippen LogP contribution >= 0.6 is 11.3 Å². The van der Waals surface area contributed by atoms with E-state index in [-0.39, 0.29) is 11.5 Å². The molecule has 2 aromatic heterocycles. The number of nitrogens with zero attached hydrogens (tertiary/aromatic N) is 2. The molecular formula is C16H15N3O2S. The number of fused-ring (bicyclic) bond motifs is 1. The highest BCUT2D eigenvalue weighted by molar-refractivity contribution is 7.17. The lowest BCUT2D eigenvalue weighted by Crippen LogP contribution is -2.32. The molecule has 3 aromatic rings. The minimum Gasteiger partial charge on any atom is -0.273 e. The summed E-state index contributed by atoms with van der Waals surface area (Å²) in [6.07, 6.45) is 2.47. The number of carbonyl (C=O) groups excluding carboxylic acids is 1. The Balaban J connectivity index is 2.10. The van der Waals surface area contributed by atoms with Gasteiger partial charge in [0.2, 0.25) is 5.91 Å². The lowest BCUT2D eigenvalue weighted by molar-refractivity contribution is -0.117. The molecule has 1 amide bonds. The smallest absolute Gasteiger partial charge is 0.273 e. The van der Waals surface area contributed by atoms with Gasteiger partial charge >= 0.3 is 0 Å². The van der Waals surface area contributed by atoms with Crippen molar-refractivity contribution in [1.29, 1.82) is 0 Å². The molecule has 0 unspecified atom stereocenters. The molecule has 0 aliphatic carbocycles. The molecule has 1 N–H and O–H groups in total. The fourth-order valence-corrected chi connectivity index (χ4v) is 3.17. The predicted octanol–water partition coefficient (Wildman–Crippen LogP) is 3.00. The van der Waals surface area contributed by atoms with Crippen LogP contribution in [-0.2, 0) is 4.79 Å². The van der Waals surface area contributed by atoms with Crippen LogP contribution in [0.25, 0.3) is 21.3 Å². The van der Waals surface area contributed by atoms with Gasteiger partial charge in [-0.3, -0.25) is 15.0 Å². The second-order valence-electron chi connectivity index (χ2n) is 4.90. The molecule has 2 heterocycles. The van der Waals surface area contributed by atoms with E-state index in [1.165, 1.54) is 22.3 Å². The summed E-state index contributed by atoms with van der Waals surface area (Å²) >= 11 is 1.42.